The number of aromatic nitrogens is 1. The molecule has 4 atom stereocenters. The van der Waals surface area contributed by atoms with Gasteiger partial charge in [0.15, 0.2) is 5.72 Å². The molecule has 1 aromatic heterocycles. The van der Waals surface area contributed by atoms with Crippen LogP contribution in [0.4, 0.5) is 0 Å². The molecule has 8 rings (SSSR count). The molecule has 4 aliphatic rings. The topological polar surface area (TPSA) is 107 Å². The summed E-state index contributed by atoms with van der Waals surface area (Å²) in [4.78, 5) is 39.6. The van der Waals surface area contributed by atoms with Crippen LogP contribution in [0.1, 0.15) is 51.1 Å². The van der Waals surface area contributed by atoms with Gasteiger partial charge in [-0.2, -0.15) is 0 Å². The number of fused-ring (bicyclic) bond motifs is 13. The van der Waals surface area contributed by atoms with Crippen molar-refractivity contribution in [1.29, 1.82) is 0 Å². The number of esters is 1. The number of amides is 2. The third kappa shape index (κ3) is 1.91. The van der Waals surface area contributed by atoms with Crippen molar-refractivity contribution in [3.63, 3.8) is 0 Å². The molecule has 2 bridgehead atoms. The Hall–Kier alpha value is -4.01. The van der Waals surface area contributed by atoms with E-state index in [1.165, 1.54) is 7.11 Å². The van der Waals surface area contributed by atoms with Crippen LogP contribution in [0, 0.1) is 0 Å². The fraction of sp³-hybridized carbons (Fsp3) is 0.250. The molecule has 2 N–H and O–H groups in total. The molecule has 8 heteroatoms. The average molecular weight is 480 g/mol. The quantitative estimate of drug-likeness (QED) is 0.320. The maximum atomic E-state index is 13.3. The van der Waals surface area contributed by atoms with Gasteiger partial charge < -0.3 is 19.1 Å². The minimum absolute atomic E-state index is 0.0181. The average Bonchev–Trinajstić information content (AvgIpc) is 3.54. The van der Waals surface area contributed by atoms with Crippen LogP contribution >= 0.6 is 0 Å². The second kappa shape index (κ2) is 6.03. The van der Waals surface area contributed by atoms with Crippen molar-refractivity contribution in [3.05, 3.63) is 70.8 Å². The highest BCUT2D eigenvalue weighted by atomic mass is 16.6. The first kappa shape index (κ1) is 20.2. The van der Waals surface area contributed by atoms with Crippen LogP contribution in [0.15, 0.2) is 48.5 Å². The van der Waals surface area contributed by atoms with Crippen LogP contribution in [-0.4, -0.2) is 46.3 Å². The molecule has 8 nitrogen and oxygen atoms in total. The van der Waals surface area contributed by atoms with Crippen LogP contribution < -0.4 is 5.32 Å². The number of nitrogens with one attached hydrogen (secondary N) is 1. The van der Waals surface area contributed by atoms with Gasteiger partial charge in [0.2, 0.25) is 5.60 Å². The van der Waals surface area contributed by atoms with Gasteiger partial charge in [-0.3, -0.25) is 14.9 Å². The van der Waals surface area contributed by atoms with E-state index in [0.717, 1.165) is 27.6 Å². The number of aliphatic hydroxyl groups is 1. The fourth-order valence-corrected chi connectivity index (χ4v) is 7.28. The van der Waals surface area contributed by atoms with E-state index in [1.54, 1.807) is 6.92 Å². The number of rotatable bonds is 1. The van der Waals surface area contributed by atoms with E-state index in [0.29, 0.717) is 27.5 Å². The lowest BCUT2D eigenvalue weighted by molar-refractivity contribution is -0.199. The molecule has 4 aromatic rings. The summed E-state index contributed by atoms with van der Waals surface area (Å²) in [5.74, 6) is -1.99. The van der Waals surface area contributed by atoms with Gasteiger partial charge in [-0.25, -0.2) is 4.79 Å². The molecule has 2 amide bonds. The minimum Gasteiger partial charge on any atom is -0.467 e. The molecular weight excluding hydrogens is 460 g/mol. The summed E-state index contributed by atoms with van der Waals surface area (Å²) in [7, 11) is 1.25. The number of benzene rings is 3. The van der Waals surface area contributed by atoms with Crippen molar-refractivity contribution in [2.45, 2.75) is 36.7 Å². The number of carbonyl (C=O) groups is 3. The summed E-state index contributed by atoms with van der Waals surface area (Å²) in [5.41, 5.74) is 2.01. The Morgan fingerprint density at radius 2 is 1.81 bits per heavy atom. The summed E-state index contributed by atoms with van der Waals surface area (Å²) in [6, 6.07) is 15.3. The molecule has 1 fully saturated rings. The van der Waals surface area contributed by atoms with E-state index in [4.69, 9.17) is 9.47 Å². The van der Waals surface area contributed by atoms with Gasteiger partial charge in [0.25, 0.3) is 11.8 Å². The zero-order valence-electron chi connectivity index (χ0n) is 19.4. The number of hydrogen-bond donors (Lipinski definition) is 2. The highest BCUT2D eigenvalue weighted by molar-refractivity contribution is 6.33. The lowest BCUT2D eigenvalue weighted by atomic mass is 9.80. The Balaban J connectivity index is 1.68. The van der Waals surface area contributed by atoms with Crippen molar-refractivity contribution in [1.82, 2.24) is 9.88 Å². The lowest BCUT2D eigenvalue weighted by Crippen LogP contribution is -2.56. The Bertz CT molecular complexity index is 1770. The number of carbonyl (C=O) groups excluding carboxylic acids is 3. The Labute approximate surface area is 204 Å². The van der Waals surface area contributed by atoms with Crippen molar-refractivity contribution < 1.29 is 29.0 Å². The molecular formula is C28H20N2O6. The monoisotopic (exact) mass is 480 g/mol. The van der Waals surface area contributed by atoms with Gasteiger partial charge >= 0.3 is 5.97 Å². The number of ether oxygens (including phenoxy) is 2. The zero-order valence-corrected chi connectivity index (χ0v) is 19.4. The van der Waals surface area contributed by atoms with Gasteiger partial charge in [0.05, 0.1) is 35.4 Å². The summed E-state index contributed by atoms with van der Waals surface area (Å²) < 4.78 is 13.6. The predicted octanol–water partition coefficient (Wildman–Crippen LogP) is 3.17. The molecule has 1 unspecified atom stereocenters. The van der Waals surface area contributed by atoms with Gasteiger partial charge in [-0.15, -0.1) is 0 Å². The Morgan fingerprint density at radius 1 is 1.08 bits per heavy atom. The number of hydrogen-bond acceptors (Lipinski definition) is 6. The molecule has 1 saturated heterocycles. The Kier molecular flexibility index (Phi) is 3.38. The Morgan fingerprint density at radius 3 is 2.61 bits per heavy atom. The molecule has 4 heterocycles. The fourth-order valence-electron chi connectivity index (χ4n) is 7.28. The third-order valence-corrected chi connectivity index (χ3v) is 8.67. The first-order valence-corrected chi connectivity index (χ1v) is 11.9. The van der Waals surface area contributed by atoms with Gasteiger partial charge in [-0.05, 0) is 29.7 Å². The summed E-state index contributed by atoms with van der Waals surface area (Å²) >= 11 is 0. The highest BCUT2D eigenvalue weighted by Gasteiger charge is 2.67. The van der Waals surface area contributed by atoms with Crippen LogP contribution in [0.25, 0.3) is 32.9 Å². The number of methoxy groups -OCH3 is 1. The van der Waals surface area contributed by atoms with Crippen LogP contribution in [0.5, 0.6) is 0 Å². The van der Waals surface area contributed by atoms with E-state index < -0.39 is 35.2 Å². The second-order valence-corrected chi connectivity index (χ2v) is 10.2. The predicted molar refractivity (Wildman–Crippen MR) is 129 cm³/mol. The summed E-state index contributed by atoms with van der Waals surface area (Å²) in [6.07, 6.45) is -0.550. The van der Waals surface area contributed by atoms with E-state index >= 15 is 0 Å². The number of para-hydroxylation sites is 1. The van der Waals surface area contributed by atoms with Crippen molar-refractivity contribution in [2.24, 2.45) is 0 Å². The normalized spacial score (nSPS) is 28.9. The minimum atomic E-state index is -1.98. The molecule has 0 spiro atoms. The highest BCUT2D eigenvalue weighted by Crippen LogP contribution is 2.62. The van der Waals surface area contributed by atoms with Crippen molar-refractivity contribution in [2.75, 3.05) is 7.11 Å². The molecule has 36 heavy (non-hydrogen) atoms. The zero-order chi connectivity index (χ0) is 24.7. The first-order valence-electron chi connectivity index (χ1n) is 11.9. The molecule has 0 radical (unpaired) electrons. The second-order valence-electron chi connectivity index (χ2n) is 10.2. The van der Waals surface area contributed by atoms with Gasteiger partial charge in [0.1, 0.15) is 0 Å². The molecule has 3 aromatic carbocycles. The third-order valence-electron chi connectivity index (χ3n) is 8.67. The standard InChI is InChI=1S/C28H20N2O6/c1-27-28(34,26(33)35-2)11-16(36-27)17-12-7-3-4-8-13(12)18-20(17)23-19(22-21(18)24(31)29-25(22)32)14-9-5-6-10-15(14)30(23)27/h3-10,16-17,34H,11H2,1-2H3,(H,29,31,32)/t16-,17?,27+,28+/m1/s1. The lowest BCUT2D eigenvalue weighted by Gasteiger charge is -2.38. The number of imide groups is 1. The van der Waals surface area contributed by atoms with Gasteiger partial charge in [-0.1, -0.05) is 42.5 Å². The summed E-state index contributed by atoms with van der Waals surface area (Å²) in [6.45, 7) is 1.70. The van der Waals surface area contributed by atoms with E-state index in [1.807, 2.05) is 53.1 Å². The van der Waals surface area contributed by atoms with Crippen molar-refractivity contribution >= 4 is 39.6 Å². The van der Waals surface area contributed by atoms with Crippen LogP contribution in [-0.2, 0) is 20.0 Å². The summed E-state index contributed by atoms with van der Waals surface area (Å²) in [5, 5.41) is 15.9. The van der Waals surface area contributed by atoms with Gasteiger partial charge in [0, 0.05) is 28.7 Å². The first-order chi connectivity index (χ1) is 17.3. The van der Waals surface area contributed by atoms with Crippen molar-refractivity contribution in [3.8, 4) is 11.1 Å². The largest absolute Gasteiger partial charge is 0.467 e. The molecule has 178 valence electrons. The maximum absolute atomic E-state index is 13.3. The number of nitrogens with zero attached hydrogens (tertiary/aromatic N) is 1. The molecule has 0 saturated carbocycles. The van der Waals surface area contributed by atoms with E-state index in [2.05, 4.69) is 5.32 Å². The maximum Gasteiger partial charge on any atom is 0.343 e. The SMILES string of the molecule is COC(=O)[C@@]1(O)C[C@H]2O[C@]1(C)n1c3ccccc3c3c4c(c5c(c31)C2c1ccccc1-5)C(=O)NC4=O. The van der Waals surface area contributed by atoms with E-state index in [-0.39, 0.29) is 12.3 Å². The van der Waals surface area contributed by atoms with Crippen LogP contribution in [0.2, 0.25) is 0 Å². The van der Waals surface area contributed by atoms with E-state index in [9.17, 15) is 19.5 Å². The van der Waals surface area contributed by atoms with Crippen LogP contribution in [0.3, 0.4) is 0 Å². The molecule has 3 aliphatic heterocycles. The molecule has 1 aliphatic carbocycles. The smallest absolute Gasteiger partial charge is 0.343 e.